The molecule has 0 saturated carbocycles. The number of nitrogens with zero attached hydrogens (tertiary/aromatic N) is 1. The summed E-state index contributed by atoms with van der Waals surface area (Å²) < 4.78 is 1.30. The molecule has 164 valence electrons. The highest BCUT2D eigenvalue weighted by molar-refractivity contribution is 7.17. The summed E-state index contributed by atoms with van der Waals surface area (Å²) >= 11 is 1.81. The Labute approximate surface area is 208 Å². The van der Waals surface area contributed by atoms with Gasteiger partial charge in [0.25, 0.3) is 0 Å². The van der Waals surface area contributed by atoms with Crippen molar-refractivity contribution >= 4 is 43.0 Å². The SMILES string of the molecule is c1ccc(-c2c3ccccc3c(-c3csc4ccc(-c5cccnc5)cc34)c3ccccc23)cc1. The van der Waals surface area contributed by atoms with E-state index in [-0.39, 0.29) is 0 Å². The molecular formula is C33H21NS. The maximum atomic E-state index is 4.33. The molecule has 2 aromatic heterocycles. The molecule has 0 N–H and O–H groups in total. The Kier molecular flexibility index (Phi) is 4.71. The molecule has 7 aromatic rings. The van der Waals surface area contributed by atoms with Gasteiger partial charge in [0.1, 0.15) is 0 Å². The summed E-state index contributed by atoms with van der Waals surface area (Å²) in [6, 6.07) is 39.4. The molecule has 2 heterocycles. The molecule has 0 spiro atoms. The van der Waals surface area contributed by atoms with Crippen molar-refractivity contribution in [3.63, 3.8) is 0 Å². The van der Waals surface area contributed by atoms with Gasteiger partial charge in [-0.2, -0.15) is 0 Å². The highest BCUT2D eigenvalue weighted by atomic mass is 32.1. The van der Waals surface area contributed by atoms with E-state index in [4.69, 9.17) is 0 Å². The minimum Gasteiger partial charge on any atom is -0.264 e. The second-order valence-corrected chi connectivity index (χ2v) is 9.72. The van der Waals surface area contributed by atoms with Gasteiger partial charge in [-0.3, -0.25) is 4.98 Å². The van der Waals surface area contributed by atoms with E-state index in [2.05, 4.69) is 113 Å². The fourth-order valence-corrected chi connectivity index (χ4v) is 6.20. The summed E-state index contributed by atoms with van der Waals surface area (Å²) in [6.45, 7) is 0. The molecule has 0 amide bonds. The number of fused-ring (bicyclic) bond motifs is 3. The predicted octanol–water partition coefficient (Wildman–Crippen LogP) is 9.60. The van der Waals surface area contributed by atoms with Gasteiger partial charge in [-0.05, 0) is 67.4 Å². The first kappa shape index (κ1) is 20.1. The minimum absolute atomic E-state index is 1.14. The van der Waals surface area contributed by atoms with E-state index in [0.29, 0.717) is 0 Å². The molecule has 0 bridgehead atoms. The number of rotatable bonds is 3. The van der Waals surface area contributed by atoms with Crippen LogP contribution in [0.1, 0.15) is 0 Å². The highest BCUT2D eigenvalue weighted by Gasteiger charge is 2.18. The Hall–Kier alpha value is -4.27. The molecule has 0 saturated heterocycles. The third-order valence-corrected chi connectivity index (χ3v) is 7.80. The Balaban J connectivity index is 1.59. The largest absolute Gasteiger partial charge is 0.264 e. The first-order valence-corrected chi connectivity index (χ1v) is 12.7. The molecule has 35 heavy (non-hydrogen) atoms. The molecular weight excluding hydrogens is 442 g/mol. The number of hydrogen-bond acceptors (Lipinski definition) is 2. The van der Waals surface area contributed by atoms with Gasteiger partial charge in [-0.1, -0.05) is 91.0 Å². The summed E-state index contributed by atoms with van der Waals surface area (Å²) in [7, 11) is 0. The summed E-state index contributed by atoms with van der Waals surface area (Å²) in [4.78, 5) is 4.33. The van der Waals surface area contributed by atoms with E-state index in [0.717, 1.165) is 5.56 Å². The van der Waals surface area contributed by atoms with Gasteiger partial charge in [-0.25, -0.2) is 0 Å². The van der Waals surface area contributed by atoms with E-state index < -0.39 is 0 Å². The van der Waals surface area contributed by atoms with Crippen molar-refractivity contribution in [2.24, 2.45) is 0 Å². The standard InChI is InChI=1S/C33H21NS/c1-2-9-22(10-3-1)32-25-12-4-6-14-27(25)33(28-15-7-5-13-26(28)32)30-21-35-31-17-16-23(19-29(30)31)24-11-8-18-34-20-24/h1-21H. The van der Waals surface area contributed by atoms with Crippen LogP contribution in [0.15, 0.2) is 127 Å². The zero-order valence-electron chi connectivity index (χ0n) is 19.0. The van der Waals surface area contributed by atoms with Crippen LogP contribution in [0.2, 0.25) is 0 Å². The third-order valence-electron chi connectivity index (χ3n) is 6.83. The van der Waals surface area contributed by atoms with Gasteiger partial charge in [-0.15, -0.1) is 11.3 Å². The summed E-state index contributed by atoms with van der Waals surface area (Å²) in [5, 5.41) is 8.77. The number of aromatic nitrogens is 1. The lowest BCUT2D eigenvalue weighted by Gasteiger charge is -2.17. The average Bonchev–Trinajstić information content (AvgIpc) is 3.35. The van der Waals surface area contributed by atoms with Crippen LogP contribution in [0.4, 0.5) is 0 Å². The smallest absolute Gasteiger partial charge is 0.0349 e. The molecule has 7 rings (SSSR count). The van der Waals surface area contributed by atoms with Crippen LogP contribution < -0.4 is 0 Å². The molecule has 0 atom stereocenters. The van der Waals surface area contributed by atoms with Crippen LogP contribution >= 0.6 is 11.3 Å². The third kappa shape index (κ3) is 3.26. The Morgan fingerprint density at radius 1 is 0.486 bits per heavy atom. The first-order valence-electron chi connectivity index (χ1n) is 11.8. The Morgan fingerprint density at radius 3 is 1.77 bits per heavy atom. The van der Waals surface area contributed by atoms with E-state index in [1.54, 1.807) is 0 Å². The molecule has 0 fully saturated rings. The number of hydrogen-bond donors (Lipinski definition) is 0. The van der Waals surface area contributed by atoms with Crippen molar-refractivity contribution in [2.45, 2.75) is 0 Å². The van der Waals surface area contributed by atoms with Crippen LogP contribution in [0.5, 0.6) is 0 Å². The number of benzene rings is 5. The Bertz CT molecular complexity index is 1780. The lowest BCUT2D eigenvalue weighted by Crippen LogP contribution is -1.90. The van der Waals surface area contributed by atoms with Gasteiger partial charge >= 0.3 is 0 Å². The second-order valence-electron chi connectivity index (χ2n) is 8.81. The van der Waals surface area contributed by atoms with Crippen molar-refractivity contribution in [3.05, 3.63) is 127 Å². The fraction of sp³-hybridized carbons (Fsp3) is 0. The van der Waals surface area contributed by atoms with Gasteiger partial charge in [0.05, 0.1) is 0 Å². The molecule has 0 aliphatic rings. The topological polar surface area (TPSA) is 12.9 Å². The van der Waals surface area contributed by atoms with E-state index in [1.807, 2.05) is 29.8 Å². The maximum Gasteiger partial charge on any atom is 0.0349 e. The van der Waals surface area contributed by atoms with Gasteiger partial charge in [0, 0.05) is 33.6 Å². The molecule has 0 unspecified atom stereocenters. The van der Waals surface area contributed by atoms with E-state index >= 15 is 0 Å². The molecule has 0 aliphatic heterocycles. The zero-order valence-corrected chi connectivity index (χ0v) is 19.8. The lowest BCUT2D eigenvalue weighted by atomic mass is 9.86. The monoisotopic (exact) mass is 463 g/mol. The van der Waals surface area contributed by atoms with E-state index in [9.17, 15) is 0 Å². The minimum atomic E-state index is 1.14. The first-order chi connectivity index (χ1) is 17.4. The summed E-state index contributed by atoms with van der Waals surface area (Å²) in [5.41, 5.74) is 7.49. The van der Waals surface area contributed by atoms with Crippen molar-refractivity contribution in [3.8, 4) is 33.4 Å². The predicted molar refractivity (Wildman–Crippen MR) is 151 cm³/mol. The maximum absolute atomic E-state index is 4.33. The van der Waals surface area contributed by atoms with Crippen LogP contribution in [0.25, 0.3) is 65.0 Å². The normalized spacial score (nSPS) is 11.4. The molecule has 5 aromatic carbocycles. The van der Waals surface area contributed by atoms with Crippen LogP contribution in [0.3, 0.4) is 0 Å². The fourth-order valence-electron chi connectivity index (χ4n) is 5.27. The molecule has 0 aliphatic carbocycles. The summed E-state index contributed by atoms with van der Waals surface area (Å²) in [6.07, 6.45) is 3.76. The highest BCUT2D eigenvalue weighted by Crippen LogP contribution is 2.46. The lowest BCUT2D eigenvalue weighted by molar-refractivity contribution is 1.33. The van der Waals surface area contributed by atoms with Crippen LogP contribution in [-0.2, 0) is 0 Å². The van der Waals surface area contributed by atoms with Gasteiger partial charge in [0.15, 0.2) is 0 Å². The van der Waals surface area contributed by atoms with Crippen molar-refractivity contribution in [2.75, 3.05) is 0 Å². The molecule has 0 radical (unpaired) electrons. The zero-order chi connectivity index (χ0) is 23.2. The van der Waals surface area contributed by atoms with Crippen LogP contribution in [-0.4, -0.2) is 4.98 Å². The number of pyridine rings is 1. The average molecular weight is 464 g/mol. The Morgan fingerprint density at radius 2 is 1.11 bits per heavy atom. The van der Waals surface area contributed by atoms with Gasteiger partial charge in [0.2, 0.25) is 0 Å². The van der Waals surface area contributed by atoms with Crippen LogP contribution in [0, 0.1) is 0 Å². The van der Waals surface area contributed by atoms with Crippen molar-refractivity contribution in [1.29, 1.82) is 0 Å². The summed E-state index contributed by atoms with van der Waals surface area (Å²) in [5.74, 6) is 0. The van der Waals surface area contributed by atoms with Crippen molar-refractivity contribution < 1.29 is 0 Å². The number of thiophene rings is 1. The molecule has 1 nitrogen and oxygen atoms in total. The molecule has 2 heteroatoms. The second kappa shape index (κ2) is 8.19. The van der Waals surface area contributed by atoms with Crippen molar-refractivity contribution in [1.82, 2.24) is 4.98 Å². The van der Waals surface area contributed by atoms with Gasteiger partial charge < -0.3 is 0 Å². The quantitative estimate of drug-likeness (QED) is 0.238. The van der Waals surface area contributed by atoms with E-state index in [1.165, 1.54) is 59.4 Å².